The monoisotopic (exact) mass is 425 g/mol. The van der Waals surface area contributed by atoms with Crippen LogP contribution < -0.4 is 4.72 Å². The van der Waals surface area contributed by atoms with Crippen LogP contribution in [0, 0.1) is 5.92 Å². The van der Waals surface area contributed by atoms with Crippen molar-refractivity contribution in [2.24, 2.45) is 5.92 Å². The summed E-state index contributed by atoms with van der Waals surface area (Å²) in [6.07, 6.45) is 3.97. The summed E-state index contributed by atoms with van der Waals surface area (Å²) in [4.78, 5) is 12.6. The van der Waals surface area contributed by atoms with E-state index in [9.17, 15) is 13.2 Å². The largest absolute Gasteiger partial charge is 0.463 e. The first-order chi connectivity index (χ1) is 13.0. The van der Waals surface area contributed by atoms with Crippen molar-refractivity contribution in [2.75, 3.05) is 6.61 Å². The maximum Gasteiger partial charge on any atom is 0.337 e. The minimum Gasteiger partial charge on any atom is -0.463 e. The van der Waals surface area contributed by atoms with Crippen molar-refractivity contribution in [3.63, 3.8) is 0 Å². The number of fused-ring (bicyclic) bond motifs is 2. The van der Waals surface area contributed by atoms with Crippen molar-refractivity contribution in [3.8, 4) is 0 Å². The van der Waals surface area contributed by atoms with Crippen LogP contribution in [0.1, 0.15) is 32.6 Å². The van der Waals surface area contributed by atoms with Gasteiger partial charge in [0.05, 0.1) is 28.9 Å². The number of ether oxygens (including phenoxy) is 1. The molecule has 4 rings (SSSR count). The van der Waals surface area contributed by atoms with Crippen LogP contribution in [-0.2, 0) is 19.6 Å². The molecule has 2 atom stereocenters. The first kappa shape index (κ1) is 18.7. The molecule has 0 radical (unpaired) electrons. The Bertz CT molecular complexity index is 1020. The number of benzene rings is 1. The first-order valence-corrected chi connectivity index (χ1v) is 11.9. The number of nitrogens with one attached hydrogen (secondary N) is 1. The number of rotatable bonds is 5. The summed E-state index contributed by atoms with van der Waals surface area (Å²) in [5.74, 6) is -0.386. The molecule has 1 saturated carbocycles. The minimum atomic E-state index is -3.90. The molecule has 1 fully saturated rings. The standard InChI is InChI=1S/C17H19N3O4S3/c1-2-24-17(21)14-10-6-3-4-8-12(10)25-16(14)20-27(22,23)13-9-5-7-11-15(13)19-26-18-11/h5,7,9-10,12,20H,2-4,6,8H2,1H3. The van der Waals surface area contributed by atoms with E-state index in [2.05, 4.69) is 13.5 Å². The van der Waals surface area contributed by atoms with E-state index in [0.717, 1.165) is 37.4 Å². The number of carbonyl (C=O) groups excluding carboxylic acids is 1. The van der Waals surface area contributed by atoms with Gasteiger partial charge in [-0.2, -0.15) is 8.75 Å². The van der Waals surface area contributed by atoms with E-state index in [1.54, 1.807) is 19.1 Å². The molecule has 0 saturated heterocycles. The third kappa shape index (κ3) is 3.45. The molecule has 1 aliphatic heterocycles. The number of hydrogen-bond acceptors (Lipinski definition) is 8. The second kappa shape index (κ2) is 7.40. The van der Waals surface area contributed by atoms with Gasteiger partial charge in [-0.05, 0) is 31.9 Å². The molecule has 1 aromatic carbocycles. The molecule has 10 heteroatoms. The lowest BCUT2D eigenvalue weighted by molar-refractivity contribution is -0.139. The Balaban J connectivity index is 1.72. The Labute approximate surface area is 165 Å². The number of sulfonamides is 1. The summed E-state index contributed by atoms with van der Waals surface area (Å²) in [6, 6.07) is 4.86. The average Bonchev–Trinajstić information content (AvgIpc) is 3.24. The molecule has 7 nitrogen and oxygen atoms in total. The molecule has 2 heterocycles. The molecule has 2 aromatic rings. The average molecular weight is 426 g/mol. The number of esters is 1. The summed E-state index contributed by atoms with van der Waals surface area (Å²) in [5.41, 5.74) is 1.35. The molecule has 1 N–H and O–H groups in total. The summed E-state index contributed by atoms with van der Waals surface area (Å²) in [7, 11) is -3.90. The van der Waals surface area contributed by atoms with E-state index in [0.29, 0.717) is 21.6 Å². The van der Waals surface area contributed by atoms with Gasteiger partial charge in [-0.15, -0.1) is 11.8 Å². The normalized spacial score (nSPS) is 22.7. The Morgan fingerprint density at radius 2 is 2.11 bits per heavy atom. The minimum absolute atomic E-state index is 0.0391. The fraction of sp³-hybridized carbons (Fsp3) is 0.471. The van der Waals surface area contributed by atoms with Crippen LogP contribution in [0.5, 0.6) is 0 Å². The van der Waals surface area contributed by atoms with Crippen molar-refractivity contribution in [1.29, 1.82) is 0 Å². The molecule has 1 aliphatic carbocycles. The van der Waals surface area contributed by atoms with E-state index in [1.807, 2.05) is 0 Å². The van der Waals surface area contributed by atoms with Crippen LogP contribution in [-0.4, -0.2) is 35.0 Å². The second-order valence-electron chi connectivity index (χ2n) is 6.50. The summed E-state index contributed by atoms with van der Waals surface area (Å²) < 4.78 is 42.2. The molecule has 144 valence electrons. The summed E-state index contributed by atoms with van der Waals surface area (Å²) >= 11 is 2.41. The zero-order chi connectivity index (χ0) is 19.0. The maximum absolute atomic E-state index is 13.1. The second-order valence-corrected chi connectivity index (χ2v) is 9.93. The fourth-order valence-corrected chi connectivity index (χ4v) is 7.30. The van der Waals surface area contributed by atoms with Gasteiger partial charge in [0.1, 0.15) is 15.9 Å². The highest BCUT2D eigenvalue weighted by Crippen LogP contribution is 2.48. The van der Waals surface area contributed by atoms with Gasteiger partial charge in [0.15, 0.2) is 0 Å². The number of nitrogens with zero attached hydrogens (tertiary/aromatic N) is 2. The number of hydrogen-bond donors (Lipinski definition) is 1. The highest BCUT2D eigenvalue weighted by atomic mass is 32.2. The van der Waals surface area contributed by atoms with E-state index >= 15 is 0 Å². The zero-order valence-corrected chi connectivity index (χ0v) is 17.1. The highest BCUT2D eigenvalue weighted by Gasteiger charge is 2.42. The number of aromatic nitrogens is 2. The predicted molar refractivity (Wildman–Crippen MR) is 105 cm³/mol. The maximum atomic E-state index is 13.1. The Morgan fingerprint density at radius 3 is 2.93 bits per heavy atom. The van der Waals surface area contributed by atoms with Crippen molar-refractivity contribution in [1.82, 2.24) is 13.5 Å². The van der Waals surface area contributed by atoms with Gasteiger partial charge in [0.2, 0.25) is 0 Å². The van der Waals surface area contributed by atoms with Crippen LogP contribution in [0.4, 0.5) is 0 Å². The molecule has 0 bridgehead atoms. The van der Waals surface area contributed by atoms with Crippen LogP contribution in [0.25, 0.3) is 11.0 Å². The molecule has 2 unspecified atom stereocenters. The quantitative estimate of drug-likeness (QED) is 0.735. The van der Waals surface area contributed by atoms with Crippen LogP contribution in [0.15, 0.2) is 33.7 Å². The summed E-state index contributed by atoms with van der Waals surface area (Å²) in [5, 5.41) is 0.609. The Kier molecular flexibility index (Phi) is 5.13. The molecular weight excluding hydrogens is 406 g/mol. The van der Waals surface area contributed by atoms with Crippen molar-refractivity contribution < 1.29 is 17.9 Å². The predicted octanol–water partition coefficient (Wildman–Crippen LogP) is 3.05. The molecular formula is C17H19N3O4S3. The van der Waals surface area contributed by atoms with Gasteiger partial charge in [-0.3, -0.25) is 4.72 Å². The van der Waals surface area contributed by atoms with Crippen LogP contribution >= 0.6 is 23.5 Å². The van der Waals surface area contributed by atoms with Crippen molar-refractivity contribution in [3.05, 3.63) is 28.8 Å². The van der Waals surface area contributed by atoms with Gasteiger partial charge in [-0.25, -0.2) is 13.2 Å². The van der Waals surface area contributed by atoms with Crippen LogP contribution in [0.2, 0.25) is 0 Å². The lowest BCUT2D eigenvalue weighted by Crippen LogP contribution is -2.26. The van der Waals surface area contributed by atoms with E-state index in [-0.39, 0.29) is 22.7 Å². The zero-order valence-electron chi connectivity index (χ0n) is 14.7. The topological polar surface area (TPSA) is 98.2 Å². The highest BCUT2D eigenvalue weighted by molar-refractivity contribution is 8.04. The van der Waals surface area contributed by atoms with E-state index in [1.165, 1.54) is 17.8 Å². The molecule has 0 amide bonds. The van der Waals surface area contributed by atoms with Gasteiger partial charge in [0, 0.05) is 11.2 Å². The SMILES string of the molecule is CCOC(=O)C1=C(NS(=O)(=O)c2cccc3nsnc23)SC2CCCCC12. The van der Waals surface area contributed by atoms with Crippen molar-refractivity contribution >= 4 is 50.5 Å². The smallest absolute Gasteiger partial charge is 0.337 e. The number of thioether (sulfide) groups is 1. The van der Waals surface area contributed by atoms with Gasteiger partial charge in [-0.1, -0.05) is 18.9 Å². The van der Waals surface area contributed by atoms with Gasteiger partial charge in [0.25, 0.3) is 10.0 Å². The number of carbonyl (C=O) groups is 1. The fourth-order valence-electron chi connectivity index (χ4n) is 3.66. The molecule has 1 aromatic heterocycles. The van der Waals surface area contributed by atoms with E-state index < -0.39 is 16.0 Å². The Hall–Kier alpha value is -1.65. The van der Waals surface area contributed by atoms with Crippen molar-refractivity contribution in [2.45, 2.75) is 42.8 Å². The lowest BCUT2D eigenvalue weighted by Gasteiger charge is -2.25. The molecule has 2 aliphatic rings. The third-order valence-electron chi connectivity index (χ3n) is 4.85. The first-order valence-electron chi connectivity index (χ1n) is 8.83. The third-order valence-corrected chi connectivity index (χ3v) is 8.33. The molecule has 0 spiro atoms. The summed E-state index contributed by atoms with van der Waals surface area (Å²) in [6.45, 7) is 2.01. The molecule has 27 heavy (non-hydrogen) atoms. The van der Waals surface area contributed by atoms with Crippen LogP contribution in [0.3, 0.4) is 0 Å². The van der Waals surface area contributed by atoms with E-state index in [4.69, 9.17) is 4.74 Å². The van der Waals surface area contributed by atoms with Gasteiger partial charge < -0.3 is 4.74 Å². The Morgan fingerprint density at radius 1 is 1.30 bits per heavy atom. The lowest BCUT2D eigenvalue weighted by atomic mass is 9.84. The van der Waals surface area contributed by atoms with Gasteiger partial charge >= 0.3 is 5.97 Å².